The summed E-state index contributed by atoms with van der Waals surface area (Å²) in [6.45, 7) is 4.46. The predicted molar refractivity (Wildman–Crippen MR) is 114 cm³/mol. The Labute approximate surface area is 176 Å². The third-order valence-corrected chi connectivity index (χ3v) is 6.53. The number of rotatable bonds is 5. The summed E-state index contributed by atoms with van der Waals surface area (Å²) in [5, 5.41) is 2.80. The van der Waals surface area contributed by atoms with E-state index in [1.807, 2.05) is 18.3 Å². The minimum atomic E-state index is -0.122. The molecule has 0 radical (unpaired) electrons. The summed E-state index contributed by atoms with van der Waals surface area (Å²) in [5.41, 5.74) is 3.61. The van der Waals surface area contributed by atoms with Crippen molar-refractivity contribution in [3.05, 3.63) is 35.5 Å². The van der Waals surface area contributed by atoms with E-state index in [0.29, 0.717) is 11.7 Å². The van der Waals surface area contributed by atoms with E-state index in [0.717, 1.165) is 55.7 Å². The fourth-order valence-electron chi connectivity index (χ4n) is 4.79. The molecule has 0 aromatic carbocycles. The largest absolute Gasteiger partial charge is 0.474 e. The maximum atomic E-state index is 11.5. The summed E-state index contributed by atoms with van der Waals surface area (Å²) >= 11 is 0. The van der Waals surface area contributed by atoms with Crippen LogP contribution >= 0.6 is 0 Å². The molecule has 1 aliphatic heterocycles. The third kappa shape index (κ3) is 3.51. The van der Waals surface area contributed by atoms with Crippen LogP contribution in [0.1, 0.15) is 50.2 Å². The molecule has 7 nitrogen and oxygen atoms in total. The monoisotopic (exact) mass is 408 g/mol. The van der Waals surface area contributed by atoms with Crippen LogP contribution in [-0.2, 0) is 14.9 Å². The molecule has 1 N–H and O–H groups in total. The molecule has 3 aliphatic rings. The molecule has 7 heteroatoms. The van der Waals surface area contributed by atoms with E-state index in [4.69, 9.17) is 14.5 Å². The van der Waals surface area contributed by atoms with Crippen molar-refractivity contribution >= 4 is 23.2 Å². The summed E-state index contributed by atoms with van der Waals surface area (Å²) in [6.07, 6.45) is 7.59. The molecule has 5 rings (SSSR count). The lowest BCUT2D eigenvalue weighted by molar-refractivity contribution is -0.114. The van der Waals surface area contributed by atoms with E-state index in [1.54, 1.807) is 7.11 Å². The van der Waals surface area contributed by atoms with Gasteiger partial charge in [-0.05, 0) is 44.2 Å². The number of fused-ring (bicyclic) bond motifs is 2. The number of amides is 1. The van der Waals surface area contributed by atoms with Crippen molar-refractivity contribution in [3.63, 3.8) is 0 Å². The van der Waals surface area contributed by atoms with Crippen LogP contribution in [0.4, 0.5) is 17.3 Å². The van der Waals surface area contributed by atoms with Crippen LogP contribution in [0, 0.1) is 6.92 Å². The topological polar surface area (TPSA) is 76.6 Å². The zero-order valence-corrected chi connectivity index (χ0v) is 17.8. The van der Waals surface area contributed by atoms with Crippen molar-refractivity contribution in [2.24, 2.45) is 0 Å². The van der Waals surface area contributed by atoms with Crippen molar-refractivity contribution in [1.29, 1.82) is 0 Å². The number of aromatic nitrogens is 2. The number of carbonyl (C=O) groups is 1. The first-order valence-corrected chi connectivity index (χ1v) is 10.7. The number of anilines is 3. The molecule has 3 heterocycles. The number of nitrogens with one attached hydrogen (secondary N) is 1. The van der Waals surface area contributed by atoms with Gasteiger partial charge in [-0.2, -0.15) is 4.98 Å². The highest BCUT2D eigenvalue weighted by molar-refractivity contribution is 5.89. The summed E-state index contributed by atoms with van der Waals surface area (Å²) in [7, 11) is 1.76. The van der Waals surface area contributed by atoms with Gasteiger partial charge in [0.05, 0.1) is 11.8 Å². The van der Waals surface area contributed by atoms with E-state index < -0.39 is 0 Å². The molecule has 1 spiro atoms. The number of nitrogens with zero attached hydrogens (tertiary/aromatic N) is 3. The molecule has 0 saturated heterocycles. The van der Waals surface area contributed by atoms with Gasteiger partial charge in [0.25, 0.3) is 0 Å². The average molecular weight is 409 g/mol. The first kappa shape index (κ1) is 19.3. The molecule has 2 fully saturated rings. The van der Waals surface area contributed by atoms with Gasteiger partial charge in [0.15, 0.2) is 0 Å². The Morgan fingerprint density at radius 1 is 1.23 bits per heavy atom. The number of carbonyl (C=O) groups excluding carboxylic acids is 1. The minimum absolute atomic E-state index is 0.122. The quantitative estimate of drug-likeness (QED) is 0.809. The second-order valence-electron chi connectivity index (χ2n) is 8.89. The third-order valence-electron chi connectivity index (χ3n) is 6.53. The number of pyridine rings is 2. The van der Waals surface area contributed by atoms with Gasteiger partial charge >= 0.3 is 0 Å². The average Bonchev–Trinajstić information content (AvgIpc) is 3.21. The highest BCUT2D eigenvalue weighted by Gasteiger charge is 2.52. The fourth-order valence-corrected chi connectivity index (χ4v) is 4.79. The van der Waals surface area contributed by atoms with Gasteiger partial charge in [0.1, 0.15) is 17.7 Å². The van der Waals surface area contributed by atoms with Crippen LogP contribution in [0.25, 0.3) is 0 Å². The number of hydrogen-bond acceptors (Lipinski definition) is 6. The van der Waals surface area contributed by atoms with Crippen molar-refractivity contribution in [2.45, 2.75) is 63.6 Å². The van der Waals surface area contributed by atoms with Gasteiger partial charge < -0.3 is 19.7 Å². The van der Waals surface area contributed by atoms with Crippen LogP contribution in [-0.4, -0.2) is 41.7 Å². The Hall–Kier alpha value is -2.67. The van der Waals surface area contributed by atoms with Crippen molar-refractivity contribution in [2.75, 3.05) is 23.9 Å². The van der Waals surface area contributed by atoms with E-state index in [-0.39, 0.29) is 23.5 Å². The van der Waals surface area contributed by atoms with Gasteiger partial charge in [-0.25, -0.2) is 4.98 Å². The van der Waals surface area contributed by atoms with Gasteiger partial charge in [-0.15, -0.1) is 0 Å². The molecule has 158 valence electrons. The van der Waals surface area contributed by atoms with Crippen LogP contribution < -0.4 is 15.0 Å². The highest BCUT2D eigenvalue weighted by atomic mass is 16.5. The second-order valence-corrected chi connectivity index (χ2v) is 8.89. The van der Waals surface area contributed by atoms with E-state index in [1.165, 1.54) is 12.5 Å². The summed E-state index contributed by atoms with van der Waals surface area (Å²) in [5.74, 6) is 2.01. The highest BCUT2D eigenvalue weighted by Crippen LogP contribution is 2.58. The Kier molecular flexibility index (Phi) is 4.65. The first-order valence-electron chi connectivity index (χ1n) is 10.7. The van der Waals surface area contributed by atoms with Crippen LogP contribution in [0.2, 0.25) is 0 Å². The molecule has 30 heavy (non-hydrogen) atoms. The van der Waals surface area contributed by atoms with E-state index in [2.05, 4.69) is 28.2 Å². The van der Waals surface area contributed by atoms with Crippen molar-refractivity contribution < 1.29 is 14.3 Å². The van der Waals surface area contributed by atoms with Gasteiger partial charge in [0, 0.05) is 56.3 Å². The lowest BCUT2D eigenvalue weighted by Gasteiger charge is -2.21. The molecular weight excluding hydrogens is 380 g/mol. The van der Waals surface area contributed by atoms with Gasteiger partial charge in [0.2, 0.25) is 11.8 Å². The molecule has 2 atom stereocenters. The standard InChI is InChI=1S/C23H28N4O3/c1-14-8-21(26-22(9-14)30-17-5-4-16(10-17)29-3)27-13-23(6-7-23)18-12-24-20(11-19(18)27)25-15(2)28/h8-9,11-12,16-17H,4-7,10,13H2,1-3H3,(H,24,25,28)/t16-,17+/m0/s1. The predicted octanol–water partition coefficient (Wildman–Crippen LogP) is 3.87. The molecule has 0 bridgehead atoms. The van der Waals surface area contributed by atoms with Crippen molar-refractivity contribution in [1.82, 2.24) is 9.97 Å². The number of ether oxygens (including phenoxy) is 2. The summed E-state index contributed by atoms with van der Waals surface area (Å²) in [6, 6.07) is 6.07. The zero-order valence-electron chi connectivity index (χ0n) is 17.8. The molecule has 1 amide bonds. The molecule has 2 aliphatic carbocycles. The van der Waals surface area contributed by atoms with E-state index in [9.17, 15) is 4.79 Å². The number of methoxy groups -OCH3 is 1. The number of hydrogen-bond donors (Lipinski definition) is 1. The van der Waals surface area contributed by atoms with Crippen LogP contribution in [0.3, 0.4) is 0 Å². The van der Waals surface area contributed by atoms with Crippen LogP contribution in [0.5, 0.6) is 5.88 Å². The fraction of sp³-hybridized carbons (Fsp3) is 0.522. The molecule has 2 saturated carbocycles. The lowest BCUT2D eigenvalue weighted by atomic mass is 10.0. The summed E-state index contributed by atoms with van der Waals surface area (Å²) in [4.78, 5) is 23.1. The lowest BCUT2D eigenvalue weighted by Crippen LogP contribution is -2.21. The maximum absolute atomic E-state index is 11.5. The smallest absolute Gasteiger partial charge is 0.222 e. The second kappa shape index (κ2) is 7.23. The van der Waals surface area contributed by atoms with Crippen LogP contribution in [0.15, 0.2) is 24.4 Å². The van der Waals surface area contributed by atoms with Gasteiger partial charge in [-0.1, -0.05) is 0 Å². The molecular formula is C23H28N4O3. The van der Waals surface area contributed by atoms with E-state index >= 15 is 0 Å². The minimum Gasteiger partial charge on any atom is -0.474 e. The molecule has 2 aromatic heterocycles. The Balaban J connectivity index is 1.45. The molecule has 2 aromatic rings. The Morgan fingerprint density at radius 3 is 2.73 bits per heavy atom. The molecule has 0 unspecified atom stereocenters. The number of aryl methyl sites for hydroxylation is 1. The van der Waals surface area contributed by atoms with Gasteiger partial charge in [-0.3, -0.25) is 4.79 Å². The maximum Gasteiger partial charge on any atom is 0.222 e. The Bertz CT molecular complexity index is 988. The Morgan fingerprint density at radius 2 is 2.03 bits per heavy atom. The summed E-state index contributed by atoms with van der Waals surface area (Å²) < 4.78 is 11.7. The zero-order chi connectivity index (χ0) is 20.9. The van der Waals surface area contributed by atoms with Crippen molar-refractivity contribution in [3.8, 4) is 5.88 Å². The first-order chi connectivity index (χ1) is 14.5. The SMILES string of the molecule is CO[C@H]1CC[C@@H](Oc2cc(C)cc(N3CC4(CC4)c4cnc(NC(C)=O)cc43)n2)C1. The normalized spacial score (nSPS) is 23.5.